The molecule has 1 heterocycles. The molecule has 0 amide bonds. The molecule has 3 nitrogen and oxygen atoms in total. The third kappa shape index (κ3) is 1.48. The van der Waals surface area contributed by atoms with E-state index in [1.165, 1.54) is 0 Å². The summed E-state index contributed by atoms with van der Waals surface area (Å²) in [5.41, 5.74) is 0.558. The largest absolute Gasteiger partial charge is 0.458 e. The standard InChI is InChI=1S/C14H16O3/c1-7-5-13-10(8(2)14(16)17-13)6-11-9(7)3-4-12(11)15/h3-4,7,9-11,13H,2,5-6H2,1H3/t7-,9+,10-,11+,13-/m0/s1. The maximum atomic E-state index is 11.8. The summed E-state index contributed by atoms with van der Waals surface area (Å²) in [4.78, 5) is 23.4. The molecule has 90 valence electrons. The number of hydrogen-bond acceptors (Lipinski definition) is 3. The Balaban J connectivity index is 1.92. The van der Waals surface area contributed by atoms with E-state index in [2.05, 4.69) is 13.5 Å². The van der Waals surface area contributed by atoms with Crippen molar-refractivity contribution in [1.82, 2.24) is 0 Å². The van der Waals surface area contributed by atoms with Gasteiger partial charge in [-0.25, -0.2) is 4.79 Å². The highest BCUT2D eigenvalue weighted by atomic mass is 16.6. The minimum absolute atomic E-state index is 0.0336. The Labute approximate surface area is 101 Å². The second-order valence-electron chi connectivity index (χ2n) is 5.47. The van der Waals surface area contributed by atoms with Crippen molar-refractivity contribution in [3.8, 4) is 0 Å². The highest BCUT2D eigenvalue weighted by Crippen LogP contribution is 2.46. The number of allylic oxidation sites excluding steroid dienone is 2. The van der Waals surface area contributed by atoms with E-state index in [1.54, 1.807) is 6.08 Å². The number of carbonyl (C=O) groups is 2. The van der Waals surface area contributed by atoms with Crippen LogP contribution in [0.25, 0.3) is 0 Å². The molecule has 0 N–H and O–H groups in total. The van der Waals surface area contributed by atoms with Gasteiger partial charge < -0.3 is 4.74 Å². The van der Waals surface area contributed by atoms with Crippen molar-refractivity contribution in [3.63, 3.8) is 0 Å². The molecule has 3 heteroatoms. The Morgan fingerprint density at radius 3 is 2.82 bits per heavy atom. The maximum Gasteiger partial charge on any atom is 0.334 e. The lowest BCUT2D eigenvalue weighted by molar-refractivity contribution is -0.139. The lowest BCUT2D eigenvalue weighted by Crippen LogP contribution is -2.21. The number of hydrogen-bond donors (Lipinski definition) is 0. The molecule has 0 aromatic rings. The molecule has 17 heavy (non-hydrogen) atoms. The van der Waals surface area contributed by atoms with Crippen LogP contribution in [0.5, 0.6) is 0 Å². The average molecular weight is 232 g/mol. The van der Waals surface area contributed by atoms with Crippen molar-refractivity contribution >= 4 is 11.8 Å². The van der Waals surface area contributed by atoms with Crippen molar-refractivity contribution in [2.45, 2.75) is 25.9 Å². The summed E-state index contributed by atoms with van der Waals surface area (Å²) in [7, 11) is 0. The fraction of sp³-hybridized carbons (Fsp3) is 0.571. The van der Waals surface area contributed by atoms with Gasteiger partial charge in [-0.3, -0.25) is 4.79 Å². The van der Waals surface area contributed by atoms with Crippen molar-refractivity contribution in [3.05, 3.63) is 24.3 Å². The Hall–Kier alpha value is -1.38. The van der Waals surface area contributed by atoms with Gasteiger partial charge in [0.1, 0.15) is 6.10 Å². The van der Waals surface area contributed by atoms with E-state index in [4.69, 9.17) is 4.74 Å². The quantitative estimate of drug-likeness (QED) is 0.473. The summed E-state index contributed by atoms with van der Waals surface area (Å²) in [6, 6.07) is 0. The normalized spacial score (nSPS) is 44.3. The number of ether oxygens (including phenoxy) is 1. The molecule has 5 atom stereocenters. The fourth-order valence-electron chi connectivity index (χ4n) is 3.49. The third-order valence-electron chi connectivity index (χ3n) is 4.50. The SMILES string of the molecule is C=C1C(=O)O[C@H]2C[C@H](C)[C@H]3C=CC(=O)[C@@H]3C[C@@H]12. The molecular weight excluding hydrogens is 216 g/mol. The van der Waals surface area contributed by atoms with E-state index in [-0.39, 0.29) is 29.7 Å². The lowest BCUT2D eigenvalue weighted by atomic mass is 9.82. The Morgan fingerprint density at radius 1 is 1.29 bits per heavy atom. The van der Waals surface area contributed by atoms with Gasteiger partial charge in [0.25, 0.3) is 0 Å². The predicted octanol–water partition coefficient (Wildman–Crippen LogP) is 1.89. The van der Waals surface area contributed by atoms with Gasteiger partial charge in [0.15, 0.2) is 5.78 Å². The van der Waals surface area contributed by atoms with Gasteiger partial charge in [0, 0.05) is 17.4 Å². The van der Waals surface area contributed by atoms with Crippen molar-refractivity contribution in [2.75, 3.05) is 0 Å². The summed E-state index contributed by atoms with van der Waals surface area (Å²) in [5, 5.41) is 0. The van der Waals surface area contributed by atoms with Crippen LogP contribution in [0, 0.1) is 23.7 Å². The third-order valence-corrected chi connectivity index (χ3v) is 4.50. The van der Waals surface area contributed by atoms with Gasteiger partial charge in [-0.05, 0) is 30.8 Å². The summed E-state index contributed by atoms with van der Waals surface area (Å²) < 4.78 is 5.35. The Kier molecular flexibility index (Phi) is 2.25. The van der Waals surface area contributed by atoms with Gasteiger partial charge in [0.2, 0.25) is 0 Å². The minimum atomic E-state index is -0.274. The molecule has 1 saturated heterocycles. The first kappa shape index (κ1) is 10.8. The van der Waals surface area contributed by atoms with Crippen LogP contribution in [0.4, 0.5) is 0 Å². The Morgan fingerprint density at radius 2 is 2.06 bits per heavy atom. The van der Waals surface area contributed by atoms with Crippen LogP contribution >= 0.6 is 0 Å². The van der Waals surface area contributed by atoms with Crippen LogP contribution in [0.15, 0.2) is 24.3 Å². The molecule has 0 aromatic carbocycles. The van der Waals surface area contributed by atoms with Crippen LogP contribution < -0.4 is 0 Å². The first-order valence-corrected chi connectivity index (χ1v) is 6.19. The van der Waals surface area contributed by atoms with Gasteiger partial charge in [-0.15, -0.1) is 0 Å². The predicted molar refractivity (Wildman–Crippen MR) is 62.0 cm³/mol. The molecule has 0 bridgehead atoms. The van der Waals surface area contributed by atoms with Crippen molar-refractivity contribution in [2.24, 2.45) is 23.7 Å². The molecule has 0 aromatic heterocycles. The first-order chi connectivity index (χ1) is 8.08. The highest BCUT2D eigenvalue weighted by molar-refractivity contribution is 5.95. The molecule has 3 rings (SSSR count). The average Bonchev–Trinajstić information content (AvgIpc) is 2.71. The zero-order chi connectivity index (χ0) is 12.2. The fourth-order valence-corrected chi connectivity index (χ4v) is 3.49. The molecule has 3 aliphatic rings. The number of fused-ring (bicyclic) bond motifs is 2. The van der Waals surface area contributed by atoms with E-state index < -0.39 is 0 Å². The van der Waals surface area contributed by atoms with Crippen LogP contribution in [0.3, 0.4) is 0 Å². The smallest absolute Gasteiger partial charge is 0.334 e. The number of carbonyl (C=O) groups excluding carboxylic acids is 2. The van der Waals surface area contributed by atoms with Crippen LogP contribution in [0.1, 0.15) is 19.8 Å². The molecule has 1 saturated carbocycles. The lowest BCUT2D eigenvalue weighted by Gasteiger charge is -2.21. The number of rotatable bonds is 0. The van der Waals surface area contributed by atoms with E-state index in [9.17, 15) is 9.59 Å². The van der Waals surface area contributed by atoms with E-state index in [0.717, 1.165) is 12.8 Å². The minimum Gasteiger partial charge on any atom is -0.458 e. The molecule has 0 radical (unpaired) electrons. The summed E-state index contributed by atoms with van der Waals surface area (Å²) in [5.74, 6) is 0.713. The van der Waals surface area contributed by atoms with Crippen LogP contribution in [-0.2, 0) is 14.3 Å². The molecule has 2 aliphatic carbocycles. The summed E-state index contributed by atoms with van der Waals surface area (Å²) >= 11 is 0. The van der Waals surface area contributed by atoms with Crippen LogP contribution in [-0.4, -0.2) is 17.9 Å². The van der Waals surface area contributed by atoms with Gasteiger partial charge in [-0.2, -0.15) is 0 Å². The summed E-state index contributed by atoms with van der Waals surface area (Å²) in [6.45, 7) is 5.96. The monoisotopic (exact) mass is 232 g/mol. The number of esters is 1. The first-order valence-electron chi connectivity index (χ1n) is 6.19. The second-order valence-corrected chi connectivity index (χ2v) is 5.47. The molecule has 2 fully saturated rings. The summed E-state index contributed by atoms with van der Waals surface area (Å²) in [6.07, 6.45) is 5.23. The van der Waals surface area contributed by atoms with Gasteiger partial charge >= 0.3 is 5.97 Å². The molecule has 0 unspecified atom stereocenters. The van der Waals surface area contributed by atoms with Crippen molar-refractivity contribution < 1.29 is 14.3 Å². The molecule has 0 spiro atoms. The van der Waals surface area contributed by atoms with Crippen LogP contribution in [0.2, 0.25) is 0 Å². The molecule has 1 aliphatic heterocycles. The second kappa shape index (κ2) is 3.56. The number of ketones is 1. The van der Waals surface area contributed by atoms with Gasteiger partial charge in [0.05, 0.1) is 0 Å². The van der Waals surface area contributed by atoms with E-state index in [1.807, 2.05) is 6.08 Å². The van der Waals surface area contributed by atoms with E-state index in [0.29, 0.717) is 17.4 Å². The highest BCUT2D eigenvalue weighted by Gasteiger charge is 2.47. The topological polar surface area (TPSA) is 43.4 Å². The van der Waals surface area contributed by atoms with Crippen molar-refractivity contribution in [1.29, 1.82) is 0 Å². The van der Waals surface area contributed by atoms with Gasteiger partial charge in [-0.1, -0.05) is 19.6 Å². The maximum absolute atomic E-state index is 11.8. The molecular formula is C14H16O3. The zero-order valence-corrected chi connectivity index (χ0v) is 9.89. The Bertz CT molecular complexity index is 435. The van der Waals surface area contributed by atoms with E-state index >= 15 is 0 Å². The zero-order valence-electron chi connectivity index (χ0n) is 9.89.